The van der Waals surface area contributed by atoms with Gasteiger partial charge >= 0.3 is 0 Å². The smallest absolute Gasteiger partial charge is 0.261 e. The van der Waals surface area contributed by atoms with Crippen molar-refractivity contribution in [3.05, 3.63) is 74.1 Å². The second-order valence-electron chi connectivity index (χ2n) is 9.91. The fourth-order valence-electron chi connectivity index (χ4n) is 4.96. The summed E-state index contributed by atoms with van der Waals surface area (Å²) in [5.74, 6) is 0.482. The number of aliphatic hydroxyl groups is 1. The lowest BCUT2D eigenvalue weighted by atomic mass is 10.1. The number of hydrogen-bond donors (Lipinski definition) is 4. The summed E-state index contributed by atoms with van der Waals surface area (Å²) < 4.78 is 6.84. The number of aliphatic hydroxyl groups excluding tert-OH is 1. The van der Waals surface area contributed by atoms with E-state index in [9.17, 15) is 9.90 Å². The number of rotatable bonds is 6. The average Bonchev–Trinajstić information content (AvgIpc) is 3.28. The van der Waals surface area contributed by atoms with Gasteiger partial charge in [0, 0.05) is 36.0 Å². The molecule has 0 radical (unpaired) electrons. The molecule has 202 valence electrons. The number of nitrogens with zero attached hydrogens (tertiary/aromatic N) is 2. The van der Waals surface area contributed by atoms with Gasteiger partial charge in [-0.3, -0.25) is 4.79 Å². The minimum atomic E-state index is -0.747. The normalized spacial score (nSPS) is 18.3. The third kappa shape index (κ3) is 5.76. The third-order valence-electron chi connectivity index (χ3n) is 6.81. The van der Waals surface area contributed by atoms with E-state index in [2.05, 4.69) is 62.1 Å². The lowest BCUT2D eigenvalue weighted by molar-refractivity contribution is -0.00521. The van der Waals surface area contributed by atoms with Crippen molar-refractivity contribution in [2.75, 3.05) is 29.9 Å². The molecule has 1 fully saturated rings. The number of H-pyrrole nitrogens is 2. The van der Waals surface area contributed by atoms with Crippen molar-refractivity contribution in [3.63, 3.8) is 0 Å². The predicted octanol–water partition coefficient (Wildman–Crippen LogP) is 5.48. The van der Waals surface area contributed by atoms with Gasteiger partial charge in [0.1, 0.15) is 11.4 Å². The Bertz CT molecular complexity index is 1490. The maximum absolute atomic E-state index is 12.9. The Morgan fingerprint density at radius 3 is 2.61 bits per heavy atom. The Labute approximate surface area is 236 Å². The van der Waals surface area contributed by atoms with Gasteiger partial charge in [-0.25, -0.2) is 4.98 Å². The van der Waals surface area contributed by atoms with Crippen LogP contribution in [0.4, 0.5) is 11.4 Å². The van der Waals surface area contributed by atoms with E-state index < -0.39 is 6.10 Å². The number of pyridine rings is 1. The number of nitrogens with one attached hydrogen (secondary N) is 3. The molecule has 5 rings (SSSR count). The van der Waals surface area contributed by atoms with Crippen molar-refractivity contribution >= 4 is 50.7 Å². The Morgan fingerprint density at radius 2 is 1.89 bits per heavy atom. The van der Waals surface area contributed by atoms with E-state index in [1.165, 1.54) is 0 Å². The molecule has 2 aromatic carbocycles. The highest BCUT2D eigenvalue weighted by Gasteiger charge is 2.24. The van der Waals surface area contributed by atoms with Crippen LogP contribution in [0, 0.1) is 13.8 Å². The SMILES string of the molecule is Cc1ccc([C@H](O)CNc2cc[nH]c(=O)c2-c2nc3c(C)cc(N4C[C@@H](C)O[C@@H](C)C4)cc3[nH]2)cc1Br.Cl. The van der Waals surface area contributed by atoms with Gasteiger partial charge in [-0.2, -0.15) is 0 Å². The van der Waals surface area contributed by atoms with Crippen LogP contribution in [0.25, 0.3) is 22.4 Å². The van der Waals surface area contributed by atoms with Crippen LogP contribution in [0.2, 0.25) is 0 Å². The van der Waals surface area contributed by atoms with Crippen molar-refractivity contribution in [2.45, 2.75) is 46.0 Å². The number of aromatic amines is 2. The number of hydrogen-bond acceptors (Lipinski definition) is 6. The molecule has 8 nitrogen and oxygen atoms in total. The van der Waals surface area contributed by atoms with Crippen molar-refractivity contribution in [1.82, 2.24) is 15.0 Å². The number of benzene rings is 2. The molecule has 10 heteroatoms. The molecule has 0 unspecified atom stereocenters. The Kier molecular flexibility index (Phi) is 8.52. The largest absolute Gasteiger partial charge is 0.387 e. The average molecular weight is 603 g/mol. The minimum absolute atomic E-state index is 0. The van der Waals surface area contributed by atoms with Crippen molar-refractivity contribution < 1.29 is 9.84 Å². The molecule has 1 saturated heterocycles. The molecule has 0 saturated carbocycles. The summed E-state index contributed by atoms with van der Waals surface area (Å²) in [5.41, 5.74) is 6.47. The molecule has 0 spiro atoms. The van der Waals surface area contributed by atoms with Crippen LogP contribution in [-0.2, 0) is 4.74 Å². The number of halogens is 2. The molecule has 4 N–H and O–H groups in total. The topological polar surface area (TPSA) is 106 Å². The quantitative estimate of drug-likeness (QED) is 0.233. The van der Waals surface area contributed by atoms with E-state index in [0.29, 0.717) is 17.1 Å². The van der Waals surface area contributed by atoms with E-state index in [1.54, 1.807) is 12.3 Å². The summed E-state index contributed by atoms with van der Waals surface area (Å²) in [6.45, 7) is 10.1. The molecule has 2 aromatic heterocycles. The maximum Gasteiger partial charge on any atom is 0.261 e. The summed E-state index contributed by atoms with van der Waals surface area (Å²) >= 11 is 3.52. The van der Waals surface area contributed by atoms with E-state index in [1.807, 2.05) is 32.0 Å². The van der Waals surface area contributed by atoms with Gasteiger partial charge in [0.05, 0.1) is 35.0 Å². The zero-order chi connectivity index (χ0) is 26.3. The van der Waals surface area contributed by atoms with Crippen LogP contribution in [0.15, 0.2) is 51.9 Å². The molecule has 0 aliphatic carbocycles. The van der Waals surface area contributed by atoms with E-state index >= 15 is 0 Å². The zero-order valence-corrected chi connectivity index (χ0v) is 24.2. The summed E-state index contributed by atoms with van der Waals surface area (Å²) in [6.07, 6.45) is 1.16. The van der Waals surface area contributed by atoms with Crippen molar-refractivity contribution in [2.24, 2.45) is 0 Å². The molecule has 3 heterocycles. The predicted molar refractivity (Wildman–Crippen MR) is 159 cm³/mol. The second-order valence-corrected chi connectivity index (χ2v) is 10.8. The summed E-state index contributed by atoms with van der Waals surface area (Å²) in [4.78, 5) is 26.2. The fraction of sp³-hybridized carbons (Fsp3) is 0.357. The number of anilines is 2. The van der Waals surface area contributed by atoms with Crippen LogP contribution in [-0.4, -0.2) is 51.9 Å². The monoisotopic (exact) mass is 601 g/mol. The van der Waals surface area contributed by atoms with Gasteiger partial charge in [0.25, 0.3) is 5.56 Å². The summed E-state index contributed by atoms with van der Waals surface area (Å²) in [5, 5.41) is 14.0. The number of aryl methyl sites for hydroxylation is 2. The Balaban J connectivity index is 0.00000336. The highest BCUT2D eigenvalue weighted by atomic mass is 79.9. The van der Waals surface area contributed by atoms with Gasteiger partial charge < -0.3 is 30.0 Å². The fourth-order valence-corrected chi connectivity index (χ4v) is 5.36. The maximum atomic E-state index is 12.9. The first-order valence-corrected chi connectivity index (χ1v) is 13.3. The van der Waals surface area contributed by atoms with E-state index in [0.717, 1.165) is 51.0 Å². The number of morpholine rings is 1. The number of ether oxygens (including phenoxy) is 1. The van der Waals surface area contributed by atoms with Gasteiger partial charge in [-0.1, -0.05) is 28.1 Å². The summed E-state index contributed by atoms with van der Waals surface area (Å²) in [6, 6.07) is 11.8. The number of aromatic nitrogens is 3. The van der Waals surface area contributed by atoms with Gasteiger partial charge in [-0.15, -0.1) is 12.4 Å². The Morgan fingerprint density at radius 1 is 1.16 bits per heavy atom. The van der Waals surface area contributed by atoms with Crippen LogP contribution >= 0.6 is 28.3 Å². The molecule has 0 bridgehead atoms. The van der Waals surface area contributed by atoms with Crippen LogP contribution in [0.3, 0.4) is 0 Å². The molecule has 1 aliphatic rings. The van der Waals surface area contributed by atoms with Crippen molar-refractivity contribution in [1.29, 1.82) is 0 Å². The molecule has 4 aromatic rings. The molecule has 3 atom stereocenters. The van der Waals surface area contributed by atoms with Gasteiger partial charge in [0.2, 0.25) is 0 Å². The molecule has 1 aliphatic heterocycles. The summed E-state index contributed by atoms with van der Waals surface area (Å²) in [7, 11) is 0. The van der Waals surface area contributed by atoms with Crippen molar-refractivity contribution in [3.8, 4) is 11.4 Å². The molecule has 0 amide bonds. The second kappa shape index (κ2) is 11.5. The first-order chi connectivity index (χ1) is 17.7. The molecular formula is C28H33BrClN5O3. The number of fused-ring (bicyclic) bond motifs is 1. The van der Waals surface area contributed by atoms with Gasteiger partial charge in [0.15, 0.2) is 0 Å². The zero-order valence-electron chi connectivity index (χ0n) is 21.8. The van der Waals surface area contributed by atoms with E-state index in [4.69, 9.17) is 9.72 Å². The van der Waals surface area contributed by atoms with E-state index in [-0.39, 0.29) is 36.7 Å². The number of imidazole rings is 1. The first kappa shape index (κ1) is 28.2. The first-order valence-electron chi connectivity index (χ1n) is 12.5. The van der Waals surface area contributed by atoms with Gasteiger partial charge in [-0.05, 0) is 68.7 Å². The lowest BCUT2D eigenvalue weighted by Gasteiger charge is -2.37. The van der Waals surface area contributed by atoms with Crippen LogP contribution < -0.4 is 15.8 Å². The molecular weight excluding hydrogens is 570 g/mol. The lowest BCUT2D eigenvalue weighted by Crippen LogP contribution is -2.45. The minimum Gasteiger partial charge on any atom is -0.387 e. The van der Waals surface area contributed by atoms with Crippen LogP contribution in [0.5, 0.6) is 0 Å². The highest BCUT2D eigenvalue weighted by Crippen LogP contribution is 2.31. The highest BCUT2D eigenvalue weighted by molar-refractivity contribution is 9.10. The Hall–Kier alpha value is -2.85. The molecule has 38 heavy (non-hydrogen) atoms. The standard InChI is InChI=1S/C28H32BrN5O3.ClH/c1-15-5-6-19(10-21(15)29)24(35)12-31-22-7-8-30-28(36)25(22)27-32-23-11-20(9-16(2)26(23)33-27)34-13-17(3)37-18(4)14-34;/h5-11,17-18,24,35H,12-14H2,1-4H3,(H,32,33)(H2,30,31,36);1H/t17-,18+,24-;/m1./s1. The third-order valence-corrected chi connectivity index (χ3v) is 7.67. The van der Waals surface area contributed by atoms with Crippen LogP contribution in [0.1, 0.15) is 36.6 Å².